The van der Waals surface area contributed by atoms with Gasteiger partial charge in [0.05, 0.1) is 5.69 Å². The predicted molar refractivity (Wildman–Crippen MR) is 85.1 cm³/mol. The van der Waals surface area contributed by atoms with Gasteiger partial charge in [-0.15, -0.1) is 0 Å². The molecule has 0 spiro atoms. The van der Waals surface area contributed by atoms with Crippen LogP contribution in [0.3, 0.4) is 0 Å². The summed E-state index contributed by atoms with van der Waals surface area (Å²) in [6, 6.07) is 12.1. The highest BCUT2D eigenvalue weighted by molar-refractivity contribution is 6.35. The summed E-state index contributed by atoms with van der Waals surface area (Å²) in [5.41, 5.74) is 0.259. The van der Waals surface area contributed by atoms with Crippen molar-refractivity contribution in [3.63, 3.8) is 0 Å². The molecule has 0 bridgehead atoms. The van der Waals surface area contributed by atoms with Crippen LogP contribution in [0.1, 0.15) is 5.56 Å². The topological polar surface area (TPSA) is 52.9 Å². The second-order valence-electron chi connectivity index (χ2n) is 4.27. The van der Waals surface area contributed by atoms with E-state index in [1.807, 2.05) is 0 Å². The maximum Gasteiger partial charge on any atom is 0.266 e. The van der Waals surface area contributed by atoms with Crippen LogP contribution >= 0.6 is 23.2 Å². The molecule has 1 amide bonds. The zero-order valence-electron chi connectivity index (χ0n) is 11.1. The van der Waals surface area contributed by atoms with Crippen LogP contribution in [0.2, 0.25) is 10.0 Å². The quantitative estimate of drug-likeness (QED) is 0.654. The lowest BCUT2D eigenvalue weighted by Gasteiger charge is -2.05. The van der Waals surface area contributed by atoms with Crippen molar-refractivity contribution in [1.82, 2.24) is 0 Å². The van der Waals surface area contributed by atoms with E-state index >= 15 is 0 Å². The molecule has 6 heteroatoms. The van der Waals surface area contributed by atoms with Crippen LogP contribution in [0.15, 0.2) is 48.0 Å². The average molecular weight is 335 g/mol. The summed E-state index contributed by atoms with van der Waals surface area (Å²) in [6.45, 7) is 0. The van der Waals surface area contributed by atoms with E-state index in [2.05, 4.69) is 5.32 Å². The zero-order valence-corrected chi connectivity index (χ0v) is 12.6. The summed E-state index contributed by atoms with van der Waals surface area (Å²) in [7, 11) is 0. The van der Waals surface area contributed by atoms with E-state index in [1.54, 1.807) is 24.3 Å². The molecule has 0 fully saturated rings. The van der Waals surface area contributed by atoms with Crippen LogP contribution in [-0.4, -0.2) is 5.91 Å². The molecule has 2 aromatic rings. The van der Waals surface area contributed by atoms with E-state index in [0.29, 0.717) is 15.6 Å². The van der Waals surface area contributed by atoms with Crippen molar-refractivity contribution in [3.8, 4) is 6.07 Å². The number of anilines is 1. The van der Waals surface area contributed by atoms with Gasteiger partial charge in [0.15, 0.2) is 0 Å². The van der Waals surface area contributed by atoms with Crippen LogP contribution in [0.4, 0.5) is 10.1 Å². The molecular formula is C16H9Cl2FN2O. The highest BCUT2D eigenvalue weighted by Gasteiger charge is 2.12. The number of nitrogens with zero attached hydrogens (tertiary/aromatic N) is 1. The molecule has 22 heavy (non-hydrogen) atoms. The number of carbonyl (C=O) groups is 1. The number of nitrogens with one attached hydrogen (secondary N) is 1. The first-order valence-corrected chi connectivity index (χ1v) is 6.89. The average Bonchev–Trinajstić information content (AvgIpc) is 2.49. The summed E-state index contributed by atoms with van der Waals surface area (Å²) in [5, 5.41) is 12.2. The van der Waals surface area contributed by atoms with E-state index in [9.17, 15) is 9.18 Å². The minimum absolute atomic E-state index is 0.00384. The molecule has 0 aliphatic rings. The highest BCUT2D eigenvalue weighted by Crippen LogP contribution is 2.23. The third kappa shape index (κ3) is 3.85. The van der Waals surface area contributed by atoms with Gasteiger partial charge in [-0.2, -0.15) is 5.26 Å². The smallest absolute Gasteiger partial charge is 0.266 e. The summed E-state index contributed by atoms with van der Waals surface area (Å²) in [6.07, 6.45) is 1.31. The van der Waals surface area contributed by atoms with Gasteiger partial charge in [0.1, 0.15) is 17.5 Å². The second-order valence-corrected chi connectivity index (χ2v) is 5.11. The van der Waals surface area contributed by atoms with Crippen LogP contribution in [0.25, 0.3) is 6.08 Å². The Morgan fingerprint density at radius 3 is 2.59 bits per heavy atom. The van der Waals surface area contributed by atoms with E-state index < -0.39 is 11.7 Å². The molecule has 0 saturated heterocycles. The Balaban J connectivity index is 2.28. The fourth-order valence-electron chi connectivity index (χ4n) is 1.67. The van der Waals surface area contributed by atoms with Crippen molar-refractivity contribution < 1.29 is 9.18 Å². The summed E-state index contributed by atoms with van der Waals surface area (Å²) in [4.78, 5) is 12.0. The fourth-order valence-corrected chi connectivity index (χ4v) is 2.14. The van der Waals surface area contributed by atoms with Crippen LogP contribution in [-0.2, 0) is 4.79 Å². The second kappa shape index (κ2) is 7.08. The van der Waals surface area contributed by atoms with Crippen LogP contribution < -0.4 is 5.32 Å². The van der Waals surface area contributed by atoms with Gasteiger partial charge in [-0.25, -0.2) is 4.39 Å². The lowest BCUT2D eigenvalue weighted by molar-refractivity contribution is -0.112. The molecule has 0 unspecified atom stereocenters. The molecule has 3 nitrogen and oxygen atoms in total. The zero-order chi connectivity index (χ0) is 16.1. The minimum atomic E-state index is -0.724. The van der Waals surface area contributed by atoms with Crippen LogP contribution in [0.5, 0.6) is 0 Å². The predicted octanol–water partition coefficient (Wildman–Crippen LogP) is 4.68. The van der Waals surface area contributed by atoms with Gasteiger partial charge in [-0.3, -0.25) is 4.79 Å². The molecule has 0 atom stereocenters. The molecule has 2 rings (SSSR count). The molecule has 0 heterocycles. The van der Waals surface area contributed by atoms with Gasteiger partial charge < -0.3 is 5.32 Å². The third-order valence-electron chi connectivity index (χ3n) is 2.75. The van der Waals surface area contributed by atoms with Gasteiger partial charge >= 0.3 is 0 Å². The summed E-state index contributed by atoms with van der Waals surface area (Å²) >= 11 is 11.8. The number of nitriles is 1. The van der Waals surface area contributed by atoms with E-state index in [0.717, 1.165) is 0 Å². The maximum absolute atomic E-state index is 13.5. The lowest BCUT2D eigenvalue weighted by Crippen LogP contribution is -2.14. The first-order chi connectivity index (χ1) is 10.5. The van der Waals surface area contributed by atoms with Crippen molar-refractivity contribution in [2.75, 3.05) is 5.32 Å². The van der Waals surface area contributed by atoms with Crippen molar-refractivity contribution in [2.45, 2.75) is 0 Å². The van der Waals surface area contributed by atoms with Crippen molar-refractivity contribution >= 4 is 40.9 Å². The van der Waals surface area contributed by atoms with Gasteiger partial charge in [-0.1, -0.05) is 41.4 Å². The Bertz CT molecular complexity index is 797. The molecule has 0 saturated carbocycles. The Hall–Kier alpha value is -2.35. The third-order valence-corrected chi connectivity index (χ3v) is 3.31. The van der Waals surface area contributed by atoms with Crippen molar-refractivity contribution in [3.05, 3.63) is 69.5 Å². The summed E-state index contributed by atoms with van der Waals surface area (Å²) in [5.74, 6) is -1.31. The number of benzene rings is 2. The Kier molecular flexibility index (Phi) is 5.16. The Labute approximate surface area is 136 Å². The molecule has 0 aliphatic carbocycles. The Morgan fingerprint density at radius 2 is 1.95 bits per heavy atom. The largest absolute Gasteiger partial charge is 0.319 e. The molecule has 0 aromatic heterocycles. The van der Waals surface area contributed by atoms with E-state index in [-0.39, 0.29) is 11.3 Å². The van der Waals surface area contributed by atoms with Gasteiger partial charge in [0.2, 0.25) is 0 Å². The minimum Gasteiger partial charge on any atom is -0.319 e. The van der Waals surface area contributed by atoms with Crippen LogP contribution in [0, 0.1) is 17.1 Å². The number of para-hydroxylation sites is 1. The first-order valence-electron chi connectivity index (χ1n) is 6.14. The highest BCUT2D eigenvalue weighted by atomic mass is 35.5. The molecule has 2 aromatic carbocycles. The van der Waals surface area contributed by atoms with Crippen molar-refractivity contribution in [1.29, 1.82) is 5.26 Å². The molecule has 0 radical (unpaired) electrons. The van der Waals surface area contributed by atoms with Gasteiger partial charge in [0, 0.05) is 10.0 Å². The summed E-state index contributed by atoms with van der Waals surface area (Å²) < 4.78 is 13.5. The molecule has 110 valence electrons. The first kappa shape index (κ1) is 16.0. The fraction of sp³-hybridized carbons (Fsp3) is 0. The van der Waals surface area contributed by atoms with E-state index in [1.165, 1.54) is 30.3 Å². The molecule has 1 N–H and O–H groups in total. The number of amides is 1. The normalized spacial score (nSPS) is 10.9. The number of hydrogen-bond acceptors (Lipinski definition) is 2. The number of carbonyl (C=O) groups excluding carboxylic acids is 1. The molecule has 0 aliphatic heterocycles. The van der Waals surface area contributed by atoms with Gasteiger partial charge in [-0.05, 0) is 35.9 Å². The number of halogens is 3. The molecular weight excluding hydrogens is 326 g/mol. The number of hydrogen-bond donors (Lipinski definition) is 1. The standard InChI is InChI=1S/C16H9Cl2FN2O/c17-12-6-5-10(13(18)8-12)7-11(9-20)16(22)21-15-4-2-1-3-14(15)19/h1-8H,(H,21,22)/b11-7+. The van der Waals surface area contributed by atoms with Gasteiger partial charge in [0.25, 0.3) is 5.91 Å². The SMILES string of the molecule is N#C/C(=C\c1ccc(Cl)cc1Cl)C(=O)Nc1ccccc1F. The Morgan fingerprint density at radius 1 is 1.23 bits per heavy atom. The van der Waals surface area contributed by atoms with Crippen molar-refractivity contribution in [2.24, 2.45) is 0 Å². The maximum atomic E-state index is 13.5. The monoisotopic (exact) mass is 334 g/mol. The number of rotatable bonds is 3. The lowest BCUT2D eigenvalue weighted by atomic mass is 10.1. The van der Waals surface area contributed by atoms with E-state index in [4.69, 9.17) is 28.5 Å².